The smallest absolute Gasteiger partial charge is 0.251 e. The molecule has 0 saturated heterocycles. The summed E-state index contributed by atoms with van der Waals surface area (Å²) >= 11 is 1.62. The van der Waals surface area contributed by atoms with Gasteiger partial charge < -0.3 is 16.3 Å². The van der Waals surface area contributed by atoms with Crippen LogP contribution < -0.4 is 11.1 Å². The van der Waals surface area contributed by atoms with Gasteiger partial charge in [-0.3, -0.25) is 4.79 Å². The summed E-state index contributed by atoms with van der Waals surface area (Å²) in [5.41, 5.74) is 5.97. The molecule has 1 atom stereocenters. The first-order chi connectivity index (χ1) is 8.56. The van der Waals surface area contributed by atoms with Crippen molar-refractivity contribution in [2.24, 2.45) is 10.9 Å². The molecule has 1 rings (SSSR count). The Balaban J connectivity index is 2.59. The number of nitrogens with zero attached hydrogens (tertiary/aromatic N) is 1. The number of amidine groups is 1. The van der Waals surface area contributed by atoms with Gasteiger partial charge in [0, 0.05) is 22.9 Å². The standard InChI is InChI=1S/C12H17N3O2S/c1-8(7-11(13)15-17)14-12(16)9-3-5-10(18-2)6-4-9/h3-6,8,17H,7H2,1-2H3,(H2,13,15)(H,14,16). The van der Waals surface area contributed by atoms with Crippen molar-refractivity contribution in [3.8, 4) is 0 Å². The van der Waals surface area contributed by atoms with Crippen LogP contribution in [-0.2, 0) is 0 Å². The van der Waals surface area contributed by atoms with E-state index in [1.165, 1.54) is 0 Å². The van der Waals surface area contributed by atoms with E-state index >= 15 is 0 Å². The second-order valence-electron chi connectivity index (χ2n) is 3.90. The number of oxime groups is 1. The monoisotopic (exact) mass is 267 g/mol. The molecule has 1 aromatic carbocycles. The fourth-order valence-corrected chi connectivity index (χ4v) is 1.86. The number of nitrogens with two attached hydrogens (primary N) is 1. The van der Waals surface area contributed by atoms with Gasteiger partial charge in [-0.2, -0.15) is 0 Å². The molecular weight excluding hydrogens is 250 g/mol. The molecular formula is C12H17N3O2S. The predicted octanol–water partition coefficient (Wildman–Crippen LogP) is 1.66. The topological polar surface area (TPSA) is 87.7 Å². The van der Waals surface area contributed by atoms with Crippen LogP contribution in [0.2, 0.25) is 0 Å². The van der Waals surface area contributed by atoms with Crippen LogP contribution >= 0.6 is 11.8 Å². The number of benzene rings is 1. The highest BCUT2D eigenvalue weighted by Crippen LogP contribution is 2.14. The Bertz CT molecular complexity index is 431. The van der Waals surface area contributed by atoms with Gasteiger partial charge in [0.2, 0.25) is 0 Å². The van der Waals surface area contributed by atoms with E-state index < -0.39 is 0 Å². The summed E-state index contributed by atoms with van der Waals surface area (Å²) in [7, 11) is 0. The van der Waals surface area contributed by atoms with Gasteiger partial charge in [-0.1, -0.05) is 5.16 Å². The van der Waals surface area contributed by atoms with E-state index in [-0.39, 0.29) is 17.8 Å². The van der Waals surface area contributed by atoms with Gasteiger partial charge in [0.15, 0.2) is 0 Å². The lowest BCUT2D eigenvalue weighted by atomic mass is 10.1. The Morgan fingerprint density at radius 3 is 2.61 bits per heavy atom. The fourth-order valence-electron chi connectivity index (χ4n) is 1.46. The third kappa shape index (κ3) is 4.29. The van der Waals surface area contributed by atoms with Crippen molar-refractivity contribution in [2.45, 2.75) is 24.3 Å². The summed E-state index contributed by atoms with van der Waals surface area (Å²) in [6.45, 7) is 1.80. The summed E-state index contributed by atoms with van der Waals surface area (Å²) < 4.78 is 0. The summed E-state index contributed by atoms with van der Waals surface area (Å²) in [5.74, 6) is -0.0681. The van der Waals surface area contributed by atoms with Crippen LogP contribution in [0.4, 0.5) is 0 Å². The van der Waals surface area contributed by atoms with Crippen molar-refractivity contribution in [1.29, 1.82) is 0 Å². The maximum Gasteiger partial charge on any atom is 0.251 e. The van der Waals surface area contributed by atoms with Crippen molar-refractivity contribution < 1.29 is 10.0 Å². The van der Waals surface area contributed by atoms with Crippen LogP contribution in [0.25, 0.3) is 0 Å². The Morgan fingerprint density at radius 1 is 1.50 bits per heavy atom. The lowest BCUT2D eigenvalue weighted by Gasteiger charge is -2.13. The molecule has 0 heterocycles. The zero-order chi connectivity index (χ0) is 13.5. The van der Waals surface area contributed by atoms with E-state index in [1.54, 1.807) is 30.8 Å². The number of amides is 1. The second kappa shape index (κ2) is 6.90. The molecule has 0 aliphatic carbocycles. The zero-order valence-electron chi connectivity index (χ0n) is 10.4. The van der Waals surface area contributed by atoms with E-state index in [9.17, 15) is 4.79 Å². The largest absolute Gasteiger partial charge is 0.409 e. The molecule has 0 fully saturated rings. The normalized spacial score (nSPS) is 13.1. The van der Waals surface area contributed by atoms with Gasteiger partial charge in [0.05, 0.1) is 0 Å². The van der Waals surface area contributed by atoms with Crippen molar-refractivity contribution in [2.75, 3.05) is 6.26 Å². The van der Waals surface area contributed by atoms with E-state index in [0.29, 0.717) is 12.0 Å². The minimum absolute atomic E-state index is 0.0977. The first-order valence-electron chi connectivity index (χ1n) is 5.48. The first-order valence-corrected chi connectivity index (χ1v) is 6.70. The fraction of sp³-hybridized carbons (Fsp3) is 0.333. The van der Waals surface area contributed by atoms with Crippen LogP contribution in [0, 0.1) is 0 Å². The molecule has 1 amide bonds. The summed E-state index contributed by atoms with van der Waals surface area (Å²) in [6, 6.07) is 7.16. The molecule has 1 unspecified atom stereocenters. The maximum absolute atomic E-state index is 11.9. The van der Waals surface area contributed by atoms with Gasteiger partial charge in [-0.25, -0.2) is 0 Å². The van der Waals surface area contributed by atoms with Crippen LogP contribution in [0.1, 0.15) is 23.7 Å². The van der Waals surface area contributed by atoms with Crippen molar-refractivity contribution in [3.05, 3.63) is 29.8 Å². The SMILES string of the molecule is CSc1ccc(C(=O)NC(C)CC(N)=NO)cc1. The minimum Gasteiger partial charge on any atom is -0.409 e. The molecule has 0 radical (unpaired) electrons. The van der Waals surface area contributed by atoms with Gasteiger partial charge >= 0.3 is 0 Å². The molecule has 0 bridgehead atoms. The Labute approximate surface area is 110 Å². The molecule has 0 aliphatic rings. The number of carbonyl (C=O) groups is 1. The van der Waals surface area contributed by atoms with Gasteiger partial charge in [-0.15, -0.1) is 11.8 Å². The van der Waals surface area contributed by atoms with E-state index in [4.69, 9.17) is 10.9 Å². The van der Waals surface area contributed by atoms with Crippen LogP contribution in [0.15, 0.2) is 34.3 Å². The number of hydrogen-bond donors (Lipinski definition) is 3. The molecule has 6 heteroatoms. The lowest BCUT2D eigenvalue weighted by molar-refractivity contribution is 0.0941. The quantitative estimate of drug-likeness (QED) is 0.249. The van der Waals surface area contributed by atoms with Crippen molar-refractivity contribution in [1.82, 2.24) is 5.32 Å². The predicted molar refractivity (Wildman–Crippen MR) is 73.2 cm³/mol. The summed E-state index contributed by atoms with van der Waals surface area (Å²) in [4.78, 5) is 13.0. The van der Waals surface area contributed by atoms with Crippen molar-refractivity contribution >= 4 is 23.5 Å². The molecule has 0 saturated carbocycles. The summed E-state index contributed by atoms with van der Waals surface area (Å²) in [6.07, 6.45) is 2.29. The lowest BCUT2D eigenvalue weighted by Crippen LogP contribution is -2.35. The van der Waals surface area contributed by atoms with Gasteiger partial charge in [0.1, 0.15) is 5.84 Å². The molecule has 1 aromatic rings. The minimum atomic E-state index is -0.186. The third-order valence-corrected chi connectivity index (χ3v) is 3.12. The third-order valence-electron chi connectivity index (χ3n) is 2.37. The second-order valence-corrected chi connectivity index (χ2v) is 4.78. The Morgan fingerprint density at radius 2 is 2.11 bits per heavy atom. The average Bonchev–Trinajstić information content (AvgIpc) is 2.38. The van der Waals surface area contributed by atoms with Gasteiger partial charge in [0.25, 0.3) is 5.91 Å². The molecule has 98 valence electrons. The van der Waals surface area contributed by atoms with Crippen molar-refractivity contribution in [3.63, 3.8) is 0 Å². The molecule has 0 aliphatic heterocycles. The van der Waals surface area contributed by atoms with E-state index in [0.717, 1.165) is 4.90 Å². The van der Waals surface area contributed by atoms with Crippen LogP contribution in [0.5, 0.6) is 0 Å². The molecule has 0 aromatic heterocycles. The highest BCUT2D eigenvalue weighted by molar-refractivity contribution is 7.98. The van der Waals surface area contributed by atoms with Crippen LogP contribution in [-0.4, -0.2) is 29.2 Å². The first kappa shape index (κ1) is 14.4. The highest BCUT2D eigenvalue weighted by Gasteiger charge is 2.11. The Kier molecular flexibility index (Phi) is 5.51. The highest BCUT2D eigenvalue weighted by atomic mass is 32.2. The van der Waals surface area contributed by atoms with Crippen LogP contribution in [0.3, 0.4) is 0 Å². The number of rotatable bonds is 5. The van der Waals surface area contributed by atoms with Gasteiger partial charge in [-0.05, 0) is 37.4 Å². The molecule has 0 spiro atoms. The summed E-state index contributed by atoms with van der Waals surface area (Å²) in [5, 5.41) is 14.1. The molecule has 18 heavy (non-hydrogen) atoms. The molecule has 4 N–H and O–H groups in total. The number of hydrogen-bond acceptors (Lipinski definition) is 4. The van der Waals surface area contributed by atoms with E-state index in [1.807, 2.05) is 18.4 Å². The maximum atomic E-state index is 11.9. The molecule has 5 nitrogen and oxygen atoms in total. The zero-order valence-corrected chi connectivity index (χ0v) is 11.2. The Hall–Kier alpha value is -1.69. The average molecular weight is 267 g/mol. The van der Waals surface area contributed by atoms with E-state index in [2.05, 4.69) is 10.5 Å². The number of carbonyl (C=O) groups excluding carboxylic acids is 1. The number of thioether (sulfide) groups is 1. The number of nitrogens with one attached hydrogen (secondary N) is 1.